The smallest absolute Gasteiger partial charge is 0.0733 e. The summed E-state index contributed by atoms with van der Waals surface area (Å²) in [5, 5.41) is 8.91. The van der Waals surface area contributed by atoms with Crippen LogP contribution in [0.1, 0.15) is 37.8 Å². The van der Waals surface area contributed by atoms with E-state index in [1.54, 1.807) is 0 Å². The lowest BCUT2D eigenvalue weighted by atomic mass is 9.89. The molecular weight excluding hydrogens is 242 g/mol. The second kappa shape index (κ2) is 4.91. The first-order chi connectivity index (χ1) is 6.90. The van der Waals surface area contributed by atoms with Crippen LogP contribution in [-0.2, 0) is 11.9 Å². The van der Waals surface area contributed by atoms with Gasteiger partial charge in [-0.2, -0.15) is 0 Å². The Morgan fingerprint density at radius 3 is 2.86 bits per heavy atom. The average molecular weight is 258 g/mol. The number of rotatable bonds is 3. The van der Waals surface area contributed by atoms with Gasteiger partial charge < -0.3 is 0 Å². The van der Waals surface area contributed by atoms with E-state index in [2.05, 4.69) is 26.2 Å². The fourth-order valence-electron chi connectivity index (χ4n) is 2.15. The van der Waals surface area contributed by atoms with Crippen LogP contribution in [0.25, 0.3) is 0 Å². The highest BCUT2D eigenvalue weighted by atomic mass is 79.9. The van der Waals surface area contributed by atoms with E-state index in [0.29, 0.717) is 0 Å². The van der Waals surface area contributed by atoms with Gasteiger partial charge in [0, 0.05) is 11.9 Å². The number of hydrogen-bond donors (Lipinski definition) is 0. The van der Waals surface area contributed by atoms with Gasteiger partial charge in [-0.3, -0.25) is 0 Å². The lowest BCUT2D eigenvalue weighted by Gasteiger charge is -2.21. The van der Waals surface area contributed by atoms with Crippen molar-refractivity contribution in [3.8, 4) is 0 Å². The van der Waals surface area contributed by atoms with Crippen molar-refractivity contribution in [2.24, 2.45) is 5.92 Å². The highest BCUT2D eigenvalue weighted by Crippen LogP contribution is 2.25. The number of aromatic nitrogens is 3. The maximum Gasteiger partial charge on any atom is 0.0733 e. The van der Waals surface area contributed by atoms with Gasteiger partial charge in [-0.25, -0.2) is 4.68 Å². The van der Waals surface area contributed by atoms with Crippen LogP contribution in [0.5, 0.6) is 0 Å². The molecule has 0 amide bonds. The van der Waals surface area contributed by atoms with Gasteiger partial charge >= 0.3 is 0 Å². The van der Waals surface area contributed by atoms with Gasteiger partial charge in [0.25, 0.3) is 0 Å². The van der Waals surface area contributed by atoms with Crippen LogP contribution in [0.15, 0.2) is 6.20 Å². The number of halogens is 1. The van der Waals surface area contributed by atoms with Crippen molar-refractivity contribution in [1.82, 2.24) is 15.0 Å². The van der Waals surface area contributed by atoms with E-state index >= 15 is 0 Å². The van der Waals surface area contributed by atoms with Gasteiger partial charge in [0.1, 0.15) is 0 Å². The van der Waals surface area contributed by atoms with Crippen molar-refractivity contribution < 1.29 is 0 Å². The zero-order valence-corrected chi connectivity index (χ0v) is 9.91. The predicted octanol–water partition coefficient (Wildman–Crippen LogP) is 2.75. The molecule has 0 unspecified atom stereocenters. The lowest BCUT2D eigenvalue weighted by molar-refractivity contribution is 0.303. The van der Waals surface area contributed by atoms with Crippen molar-refractivity contribution in [3.63, 3.8) is 0 Å². The van der Waals surface area contributed by atoms with E-state index in [1.165, 1.54) is 37.8 Å². The highest BCUT2D eigenvalue weighted by molar-refractivity contribution is 9.08. The molecule has 3 nitrogen and oxygen atoms in total. The minimum absolute atomic E-state index is 0.822. The van der Waals surface area contributed by atoms with Gasteiger partial charge in [0.05, 0.1) is 11.9 Å². The highest BCUT2D eigenvalue weighted by Gasteiger charge is 2.15. The summed E-state index contributed by atoms with van der Waals surface area (Å²) in [4.78, 5) is 0. The molecule has 0 aromatic carbocycles. The van der Waals surface area contributed by atoms with Crippen LogP contribution >= 0.6 is 15.9 Å². The van der Waals surface area contributed by atoms with Crippen LogP contribution in [-0.4, -0.2) is 15.0 Å². The Labute approximate surface area is 93.0 Å². The molecule has 1 aromatic heterocycles. The van der Waals surface area contributed by atoms with E-state index in [9.17, 15) is 0 Å². The van der Waals surface area contributed by atoms with Gasteiger partial charge in [-0.05, 0) is 18.8 Å². The summed E-state index contributed by atoms with van der Waals surface area (Å²) in [6.45, 7) is 1.06. The van der Waals surface area contributed by atoms with Crippen LogP contribution in [0.2, 0.25) is 0 Å². The molecule has 1 aromatic rings. The lowest BCUT2D eigenvalue weighted by Crippen LogP contribution is -2.16. The number of nitrogens with zero attached hydrogens (tertiary/aromatic N) is 3. The standard InChI is InChI=1S/C10H16BrN3/c11-6-10-7-12-13-14(10)8-9-4-2-1-3-5-9/h7,9H,1-6,8H2. The second-order valence-electron chi connectivity index (χ2n) is 4.05. The molecule has 0 aliphatic heterocycles. The summed E-state index contributed by atoms with van der Waals surface area (Å²) in [5.74, 6) is 0.822. The minimum atomic E-state index is 0.822. The molecule has 1 fully saturated rings. The Morgan fingerprint density at radius 2 is 2.14 bits per heavy atom. The van der Waals surface area contributed by atoms with Gasteiger partial charge in [-0.1, -0.05) is 40.4 Å². The van der Waals surface area contributed by atoms with Crippen LogP contribution in [0.3, 0.4) is 0 Å². The Kier molecular flexibility index (Phi) is 3.56. The first kappa shape index (κ1) is 10.1. The van der Waals surface area contributed by atoms with Crippen LogP contribution in [0, 0.1) is 5.92 Å². The molecule has 4 heteroatoms. The zero-order chi connectivity index (χ0) is 9.80. The average Bonchev–Trinajstić information content (AvgIpc) is 2.67. The second-order valence-corrected chi connectivity index (χ2v) is 4.61. The van der Waals surface area contributed by atoms with Crippen molar-refractivity contribution in [3.05, 3.63) is 11.9 Å². The Balaban J connectivity index is 1.95. The Hall–Kier alpha value is -0.380. The largest absolute Gasteiger partial charge is 0.248 e. The molecule has 0 radical (unpaired) electrons. The van der Waals surface area contributed by atoms with E-state index < -0.39 is 0 Å². The van der Waals surface area contributed by atoms with Crippen LogP contribution in [0.4, 0.5) is 0 Å². The first-order valence-electron chi connectivity index (χ1n) is 5.33. The maximum atomic E-state index is 4.12. The molecule has 0 N–H and O–H groups in total. The summed E-state index contributed by atoms with van der Waals surface area (Å²) in [6, 6.07) is 0. The fourth-order valence-corrected chi connectivity index (χ4v) is 2.58. The fraction of sp³-hybridized carbons (Fsp3) is 0.800. The molecule has 1 aliphatic rings. The summed E-state index contributed by atoms with van der Waals surface area (Å²) in [6.07, 6.45) is 8.77. The van der Waals surface area contributed by atoms with E-state index in [1.807, 2.05) is 10.9 Å². The molecular formula is C10H16BrN3. The topological polar surface area (TPSA) is 30.7 Å². The molecule has 2 rings (SSSR count). The monoisotopic (exact) mass is 257 g/mol. The van der Waals surface area contributed by atoms with Crippen molar-refractivity contribution in [2.45, 2.75) is 44.0 Å². The first-order valence-corrected chi connectivity index (χ1v) is 6.45. The third-order valence-corrected chi connectivity index (χ3v) is 3.57. The number of hydrogen-bond acceptors (Lipinski definition) is 2. The normalized spacial score (nSPS) is 18.6. The predicted molar refractivity (Wildman–Crippen MR) is 59.2 cm³/mol. The van der Waals surface area contributed by atoms with Gasteiger partial charge in [0.2, 0.25) is 0 Å². The molecule has 0 atom stereocenters. The molecule has 0 spiro atoms. The molecule has 1 aliphatic carbocycles. The van der Waals surface area contributed by atoms with Gasteiger partial charge in [-0.15, -0.1) is 5.10 Å². The summed E-state index contributed by atoms with van der Waals surface area (Å²) >= 11 is 3.45. The molecule has 78 valence electrons. The minimum Gasteiger partial charge on any atom is -0.248 e. The third-order valence-electron chi connectivity index (χ3n) is 2.99. The number of alkyl halides is 1. The molecule has 0 bridgehead atoms. The van der Waals surface area contributed by atoms with E-state index in [4.69, 9.17) is 0 Å². The van der Waals surface area contributed by atoms with Crippen molar-refractivity contribution in [2.75, 3.05) is 0 Å². The quantitative estimate of drug-likeness (QED) is 0.780. The maximum absolute atomic E-state index is 4.12. The van der Waals surface area contributed by atoms with E-state index in [0.717, 1.165) is 17.8 Å². The van der Waals surface area contributed by atoms with Crippen LogP contribution < -0.4 is 0 Å². The molecule has 1 saturated carbocycles. The summed E-state index contributed by atoms with van der Waals surface area (Å²) in [5.41, 5.74) is 1.19. The Morgan fingerprint density at radius 1 is 1.36 bits per heavy atom. The SMILES string of the molecule is BrCc1cnnn1CC1CCCCC1. The summed E-state index contributed by atoms with van der Waals surface area (Å²) < 4.78 is 2.05. The third kappa shape index (κ3) is 2.35. The van der Waals surface area contributed by atoms with Crippen molar-refractivity contribution >= 4 is 15.9 Å². The Bertz CT molecular complexity index is 279. The zero-order valence-electron chi connectivity index (χ0n) is 8.32. The van der Waals surface area contributed by atoms with Crippen molar-refractivity contribution in [1.29, 1.82) is 0 Å². The molecule has 14 heavy (non-hydrogen) atoms. The molecule has 0 saturated heterocycles. The molecule has 1 heterocycles. The van der Waals surface area contributed by atoms with Gasteiger partial charge in [0.15, 0.2) is 0 Å². The van der Waals surface area contributed by atoms with E-state index in [-0.39, 0.29) is 0 Å². The summed E-state index contributed by atoms with van der Waals surface area (Å²) in [7, 11) is 0.